The monoisotopic (exact) mass is 423 g/mol. The van der Waals surface area contributed by atoms with Gasteiger partial charge in [0.2, 0.25) is 0 Å². The van der Waals surface area contributed by atoms with Crippen LogP contribution in [0.4, 0.5) is 14.5 Å². The molecule has 2 aromatic rings. The van der Waals surface area contributed by atoms with Crippen molar-refractivity contribution in [1.29, 1.82) is 0 Å². The number of fused-ring (bicyclic) bond motifs is 4. The molecule has 1 aliphatic heterocycles. The average Bonchev–Trinajstić information content (AvgIpc) is 2.67. The number of hydrogen-bond donors (Lipinski definition) is 2. The molecule has 0 saturated carbocycles. The standard InChI is InChI=1S/C20H19F2NO5S/c1-3-15-11(2)27-4-5-28-20(25)12-6-13(24)8-14(7-12)29(26)23-19-9-16(15)17(21)10-18(19)22/h3,6-11,23-24H,4-5H2,1-2H3/b15-3+. The molecule has 0 radical (unpaired) electrons. The van der Waals surface area contributed by atoms with Gasteiger partial charge < -0.3 is 14.6 Å². The second-order valence-electron chi connectivity index (χ2n) is 6.29. The number of hydrogen-bond acceptors (Lipinski definition) is 5. The summed E-state index contributed by atoms with van der Waals surface area (Å²) < 4.78 is 54.6. The molecule has 29 heavy (non-hydrogen) atoms. The molecule has 4 bridgehead atoms. The third-order valence-corrected chi connectivity index (χ3v) is 5.41. The van der Waals surface area contributed by atoms with Crippen LogP contribution in [0, 0.1) is 11.6 Å². The smallest absolute Gasteiger partial charge is 0.338 e. The van der Waals surface area contributed by atoms with Crippen molar-refractivity contribution in [2.24, 2.45) is 0 Å². The van der Waals surface area contributed by atoms with E-state index in [-0.39, 0.29) is 40.7 Å². The maximum Gasteiger partial charge on any atom is 0.338 e. The molecule has 0 saturated heterocycles. The second kappa shape index (κ2) is 8.71. The van der Waals surface area contributed by atoms with Crippen molar-refractivity contribution < 1.29 is 32.4 Å². The number of cyclic esters (lactones) is 1. The van der Waals surface area contributed by atoms with Gasteiger partial charge in [-0.1, -0.05) is 6.08 Å². The van der Waals surface area contributed by atoms with E-state index in [2.05, 4.69) is 4.72 Å². The molecule has 6 nitrogen and oxygen atoms in total. The van der Waals surface area contributed by atoms with Gasteiger partial charge in [-0.2, -0.15) is 0 Å². The highest BCUT2D eigenvalue weighted by Gasteiger charge is 2.21. The molecule has 9 heteroatoms. The third kappa shape index (κ3) is 4.63. The molecule has 154 valence electrons. The van der Waals surface area contributed by atoms with Crippen molar-refractivity contribution in [3.8, 4) is 5.75 Å². The first kappa shape index (κ1) is 20.9. The number of anilines is 1. The van der Waals surface area contributed by atoms with Crippen LogP contribution in [0.3, 0.4) is 0 Å². The number of benzene rings is 2. The van der Waals surface area contributed by atoms with Crippen molar-refractivity contribution in [2.75, 3.05) is 17.9 Å². The van der Waals surface area contributed by atoms with E-state index in [4.69, 9.17) is 9.47 Å². The van der Waals surface area contributed by atoms with Gasteiger partial charge in [-0.25, -0.2) is 17.8 Å². The van der Waals surface area contributed by atoms with Gasteiger partial charge in [0.25, 0.3) is 0 Å². The van der Waals surface area contributed by atoms with Gasteiger partial charge >= 0.3 is 5.97 Å². The van der Waals surface area contributed by atoms with Crippen LogP contribution in [0.1, 0.15) is 29.8 Å². The summed E-state index contributed by atoms with van der Waals surface area (Å²) in [6, 6.07) is 5.50. The maximum absolute atomic E-state index is 14.4. The molecule has 1 aliphatic rings. The molecule has 3 rings (SSSR count). The topological polar surface area (TPSA) is 84.9 Å². The molecular weight excluding hydrogens is 404 g/mol. The van der Waals surface area contributed by atoms with Crippen LogP contribution >= 0.6 is 0 Å². The summed E-state index contributed by atoms with van der Waals surface area (Å²) in [5, 5.41) is 9.85. The number of rotatable bonds is 0. The Morgan fingerprint density at radius 2 is 1.93 bits per heavy atom. The summed E-state index contributed by atoms with van der Waals surface area (Å²) >= 11 is 0. The van der Waals surface area contributed by atoms with E-state index in [0.29, 0.717) is 11.6 Å². The minimum atomic E-state index is -2.04. The van der Waals surface area contributed by atoms with Gasteiger partial charge in [0.1, 0.15) is 24.0 Å². The highest BCUT2D eigenvalue weighted by atomic mass is 32.2. The first-order valence-electron chi connectivity index (χ1n) is 8.77. The van der Waals surface area contributed by atoms with Gasteiger partial charge in [-0.15, -0.1) is 0 Å². The molecule has 2 N–H and O–H groups in total. The number of phenols is 1. The lowest BCUT2D eigenvalue weighted by molar-refractivity contribution is 0.0250. The third-order valence-electron chi connectivity index (χ3n) is 4.34. The van der Waals surface area contributed by atoms with Gasteiger partial charge in [0, 0.05) is 11.6 Å². The van der Waals surface area contributed by atoms with Crippen LogP contribution in [0.15, 0.2) is 41.3 Å². The number of aromatic hydroxyl groups is 1. The van der Waals surface area contributed by atoms with E-state index in [9.17, 15) is 22.9 Å². The summed E-state index contributed by atoms with van der Waals surface area (Å²) in [6.45, 7) is 3.33. The molecule has 0 aliphatic carbocycles. The largest absolute Gasteiger partial charge is 0.508 e. The molecule has 0 fully saturated rings. The Morgan fingerprint density at radius 3 is 2.66 bits per heavy atom. The predicted octanol–water partition coefficient (Wildman–Crippen LogP) is 3.78. The number of nitrogens with one attached hydrogen (secondary N) is 1. The van der Waals surface area contributed by atoms with E-state index in [1.165, 1.54) is 24.3 Å². The molecule has 1 heterocycles. The summed E-state index contributed by atoms with van der Waals surface area (Å²) in [6.07, 6.45) is 1.06. The Hall–Kier alpha value is -2.78. The summed E-state index contributed by atoms with van der Waals surface area (Å²) in [4.78, 5) is 12.2. The van der Waals surface area contributed by atoms with Crippen LogP contribution in [0.25, 0.3) is 5.57 Å². The zero-order valence-corrected chi connectivity index (χ0v) is 16.5. The predicted molar refractivity (Wildman–Crippen MR) is 104 cm³/mol. The fourth-order valence-electron chi connectivity index (χ4n) is 2.96. The fraction of sp³-hybridized carbons (Fsp3) is 0.250. The maximum atomic E-state index is 14.4. The van der Waals surface area contributed by atoms with E-state index >= 15 is 0 Å². The number of carbonyl (C=O) groups is 1. The Labute approximate surface area is 168 Å². The summed E-state index contributed by atoms with van der Waals surface area (Å²) in [5.74, 6) is -2.78. The summed E-state index contributed by atoms with van der Waals surface area (Å²) in [5.41, 5.74) is 0.321. The number of ether oxygens (including phenoxy) is 2. The lowest BCUT2D eigenvalue weighted by Gasteiger charge is -2.19. The lowest BCUT2D eigenvalue weighted by atomic mass is 9.99. The highest BCUT2D eigenvalue weighted by molar-refractivity contribution is 7.86. The minimum Gasteiger partial charge on any atom is -0.508 e. The Kier molecular flexibility index (Phi) is 6.29. The molecule has 2 unspecified atom stereocenters. The van der Waals surface area contributed by atoms with Gasteiger partial charge in [-0.3, -0.25) is 4.72 Å². The number of esters is 1. The second-order valence-corrected chi connectivity index (χ2v) is 7.50. The molecule has 2 aromatic carbocycles. The highest BCUT2D eigenvalue weighted by Crippen LogP contribution is 2.30. The van der Waals surface area contributed by atoms with E-state index < -0.39 is 34.7 Å². The van der Waals surface area contributed by atoms with Crippen molar-refractivity contribution in [2.45, 2.75) is 24.8 Å². The van der Waals surface area contributed by atoms with Crippen LogP contribution < -0.4 is 4.72 Å². The number of allylic oxidation sites excluding steroid dienone is 1. The number of carbonyl (C=O) groups excluding carboxylic acids is 1. The molecule has 0 spiro atoms. The average molecular weight is 423 g/mol. The van der Waals surface area contributed by atoms with Crippen LogP contribution in [0.5, 0.6) is 5.75 Å². The Bertz CT molecular complexity index is 1010. The fourth-order valence-corrected chi connectivity index (χ4v) is 3.89. The lowest BCUT2D eigenvalue weighted by Crippen LogP contribution is -2.17. The van der Waals surface area contributed by atoms with E-state index in [1.54, 1.807) is 19.9 Å². The number of halogens is 2. The Morgan fingerprint density at radius 1 is 1.17 bits per heavy atom. The van der Waals surface area contributed by atoms with Crippen LogP contribution in [-0.4, -0.2) is 34.6 Å². The first-order valence-corrected chi connectivity index (χ1v) is 9.92. The molecule has 0 amide bonds. The summed E-state index contributed by atoms with van der Waals surface area (Å²) in [7, 11) is -2.04. The molecule has 2 atom stereocenters. The van der Waals surface area contributed by atoms with Crippen LogP contribution in [0.2, 0.25) is 0 Å². The van der Waals surface area contributed by atoms with Gasteiger partial charge in [0.05, 0.1) is 28.9 Å². The van der Waals surface area contributed by atoms with Crippen molar-refractivity contribution in [3.63, 3.8) is 0 Å². The van der Waals surface area contributed by atoms with E-state index in [1.807, 2.05) is 0 Å². The van der Waals surface area contributed by atoms with Crippen molar-refractivity contribution >= 4 is 28.2 Å². The van der Waals surface area contributed by atoms with Crippen LogP contribution in [-0.2, 0) is 20.5 Å². The van der Waals surface area contributed by atoms with Gasteiger partial charge in [0.15, 0.2) is 11.0 Å². The first-order chi connectivity index (χ1) is 13.8. The molecular formula is C20H19F2NO5S. The zero-order chi connectivity index (χ0) is 21.1. The number of phenolic OH excluding ortho intramolecular Hbond substituents is 1. The minimum absolute atomic E-state index is 0.0209. The molecule has 0 aromatic heterocycles. The van der Waals surface area contributed by atoms with Crippen molar-refractivity contribution in [3.05, 3.63) is 59.2 Å². The van der Waals surface area contributed by atoms with Gasteiger partial charge in [-0.05, 0) is 43.7 Å². The normalized spacial score (nSPS) is 21.7. The zero-order valence-electron chi connectivity index (χ0n) is 15.7. The Balaban J connectivity index is 2.11. The SMILES string of the molecule is C/C=C1/c2cc(c(F)cc2F)NS(=O)c2cc(O)cc(c2)C(=O)OCCOC1C. The quantitative estimate of drug-likeness (QED) is 0.630. The van der Waals surface area contributed by atoms with Crippen molar-refractivity contribution in [1.82, 2.24) is 0 Å². The van der Waals surface area contributed by atoms with E-state index in [0.717, 1.165) is 0 Å².